The molecule has 202 valence electrons. The summed E-state index contributed by atoms with van der Waals surface area (Å²) in [6, 6.07) is 17.0. The summed E-state index contributed by atoms with van der Waals surface area (Å²) in [6.45, 7) is 5.91. The fraction of sp³-hybridized carbons (Fsp3) is 0.310. The largest absolute Gasteiger partial charge is 0.354 e. The molecular weight excluding hydrogens is 499 g/mol. The van der Waals surface area contributed by atoms with Gasteiger partial charge in [-0.05, 0) is 48.9 Å². The average Bonchev–Trinajstić information content (AvgIpc) is 3.42. The van der Waals surface area contributed by atoms with Gasteiger partial charge in [0.2, 0.25) is 12.2 Å². The lowest BCUT2D eigenvalue weighted by Crippen LogP contribution is -2.45. The Kier molecular flexibility index (Phi) is 7.94. The number of ether oxygens (including phenoxy) is 2. The van der Waals surface area contributed by atoms with Gasteiger partial charge in [-0.2, -0.15) is 0 Å². The smallest absolute Gasteiger partial charge is 0.251 e. The standard InChI is InChI=1S/C29H31FN6O3/c1-3-14-31-28-32-15-13-22(34-28)24-23(19-9-11-21(30)12-10-19)35-25(36-24)27-38-17-29(2,18-39-27)16-33-26(37)20-7-5-4-6-8-20/h4-13,15,27H,3,14,16-18H2,1-2H3,(H,33,37)(H,35,36)(H,31,32,34). The van der Waals surface area contributed by atoms with Crippen LogP contribution in [0.5, 0.6) is 0 Å². The summed E-state index contributed by atoms with van der Waals surface area (Å²) in [6.07, 6.45) is 1.88. The highest BCUT2D eigenvalue weighted by Gasteiger charge is 2.35. The zero-order valence-electron chi connectivity index (χ0n) is 21.9. The minimum Gasteiger partial charge on any atom is -0.354 e. The Morgan fingerprint density at radius 1 is 1.08 bits per heavy atom. The summed E-state index contributed by atoms with van der Waals surface area (Å²) in [4.78, 5) is 29.5. The molecule has 0 saturated carbocycles. The van der Waals surface area contributed by atoms with Gasteiger partial charge in [0.15, 0.2) is 5.82 Å². The molecule has 39 heavy (non-hydrogen) atoms. The van der Waals surface area contributed by atoms with E-state index in [0.717, 1.165) is 18.5 Å². The Bertz CT molecular complexity index is 1400. The van der Waals surface area contributed by atoms with Crippen LogP contribution in [-0.2, 0) is 9.47 Å². The van der Waals surface area contributed by atoms with Crippen LogP contribution in [0.2, 0.25) is 0 Å². The molecule has 0 bridgehead atoms. The Labute approximate surface area is 226 Å². The quantitative estimate of drug-likeness (QED) is 0.280. The monoisotopic (exact) mass is 530 g/mol. The number of halogens is 1. The van der Waals surface area contributed by atoms with Gasteiger partial charge in [0.1, 0.15) is 5.82 Å². The normalized spacial score (nSPS) is 19.0. The van der Waals surface area contributed by atoms with Crippen molar-refractivity contribution in [2.24, 2.45) is 5.41 Å². The lowest BCUT2D eigenvalue weighted by atomic mass is 9.92. The highest BCUT2D eigenvalue weighted by atomic mass is 19.1. The van der Waals surface area contributed by atoms with Gasteiger partial charge in [0.25, 0.3) is 5.91 Å². The molecular formula is C29H31FN6O3. The minimum atomic E-state index is -0.740. The summed E-state index contributed by atoms with van der Waals surface area (Å²) in [5.74, 6) is 0.508. The Hall–Kier alpha value is -4.15. The highest BCUT2D eigenvalue weighted by Crippen LogP contribution is 2.35. The van der Waals surface area contributed by atoms with Crippen LogP contribution in [-0.4, -0.2) is 52.1 Å². The topological polar surface area (TPSA) is 114 Å². The van der Waals surface area contributed by atoms with Crippen LogP contribution in [0, 0.1) is 11.2 Å². The maximum atomic E-state index is 13.7. The van der Waals surface area contributed by atoms with Crippen molar-refractivity contribution in [2.45, 2.75) is 26.6 Å². The fourth-order valence-corrected chi connectivity index (χ4v) is 4.21. The lowest BCUT2D eigenvalue weighted by molar-refractivity contribution is -0.231. The molecule has 3 heterocycles. The third kappa shape index (κ3) is 6.30. The number of carbonyl (C=O) groups is 1. The van der Waals surface area contributed by atoms with Gasteiger partial charge >= 0.3 is 0 Å². The van der Waals surface area contributed by atoms with E-state index in [0.29, 0.717) is 54.2 Å². The first-order chi connectivity index (χ1) is 18.9. The summed E-state index contributed by atoms with van der Waals surface area (Å²) >= 11 is 0. The van der Waals surface area contributed by atoms with Crippen molar-refractivity contribution >= 4 is 11.9 Å². The molecule has 0 spiro atoms. The van der Waals surface area contributed by atoms with E-state index in [1.54, 1.807) is 36.5 Å². The van der Waals surface area contributed by atoms with E-state index in [2.05, 4.69) is 32.5 Å². The van der Waals surface area contributed by atoms with Crippen LogP contribution in [0.1, 0.15) is 42.7 Å². The predicted octanol–water partition coefficient (Wildman–Crippen LogP) is 4.98. The van der Waals surface area contributed by atoms with Crippen LogP contribution in [0.25, 0.3) is 22.6 Å². The third-order valence-electron chi connectivity index (χ3n) is 6.39. The molecule has 1 aliphatic rings. The minimum absolute atomic E-state index is 0.142. The highest BCUT2D eigenvalue weighted by molar-refractivity contribution is 5.94. The zero-order chi connectivity index (χ0) is 27.2. The summed E-state index contributed by atoms with van der Waals surface area (Å²) in [7, 11) is 0. The molecule has 1 amide bonds. The molecule has 9 nitrogen and oxygen atoms in total. The van der Waals surface area contributed by atoms with Crippen LogP contribution in [0.3, 0.4) is 0 Å². The molecule has 0 unspecified atom stereocenters. The number of amides is 1. The van der Waals surface area contributed by atoms with E-state index in [9.17, 15) is 9.18 Å². The summed E-state index contributed by atoms with van der Waals surface area (Å²) in [5.41, 5.74) is 2.79. The van der Waals surface area contributed by atoms with Crippen molar-refractivity contribution in [1.82, 2.24) is 25.3 Å². The number of carbonyl (C=O) groups excluding carboxylic acids is 1. The lowest BCUT2D eigenvalue weighted by Gasteiger charge is -2.36. The first-order valence-corrected chi connectivity index (χ1v) is 12.9. The number of H-pyrrole nitrogens is 1. The number of anilines is 1. The van der Waals surface area contributed by atoms with Crippen LogP contribution in [0.15, 0.2) is 66.9 Å². The van der Waals surface area contributed by atoms with Gasteiger partial charge in [-0.1, -0.05) is 32.0 Å². The molecule has 0 aliphatic carbocycles. The molecule has 1 aliphatic heterocycles. The van der Waals surface area contributed by atoms with Crippen molar-refractivity contribution in [3.05, 3.63) is 84.1 Å². The van der Waals surface area contributed by atoms with Crippen molar-refractivity contribution in [3.63, 3.8) is 0 Å². The molecule has 5 rings (SSSR count). The third-order valence-corrected chi connectivity index (χ3v) is 6.39. The first kappa shape index (κ1) is 26.5. The number of hydrogen-bond acceptors (Lipinski definition) is 7. The average molecular weight is 531 g/mol. The molecule has 0 atom stereocenters. The van der Waals surface area contributed by atoms with Gasteiger partial charge in [0, 0.05) is 35.8 Å². The van der Waals surface area contributed by atoms with E-state index in [4.69, 9.17) is 14.5 Å². The van der Waals surface area contributed by atoms with Gasteiger partial charge in [-0.25, -0.2) is 19.3 Å². The Balaban J connectivity index is 1.34. The van der Waals surface area contributed by atoms with E-state index < -0.39 is 11.7 Å². The maximum absolute atomic E-state index is 13.7. The second kappa shape index (κ2) is 11.7. The predicted molar refractivity (Wildman–Crippen MR) is 145 cm³/mol. The first-order valence-electron chi connectivity index (χ1n) is 12.9. The molecule has 1 saturated heterocycles. The second-order valence-corrected chi connectivity index (χ2v) is 9.86. The Morgan fingerprint density at radius 3 is 2.54 bits per heavy atom. The molecule has 2 aromatic carbocycles. The van der Waals surface area contributed by atoms with E-state index in [1.807, 2.05) is 25.1 Å². The number of rotatable bonds is 9. The maximum Gasteiger partial charge on any atom is 0.251 e. The van der Waals surface area contributed by atoms with E-state index in [-0.39, 0.29) is 11.7 Å². The zero-order valence-corrected chi connectivity index (χ0v) is 21.9. The molecule has 4 aromatic rings. The van der Waals surface area contributed by atoms with Crippen molar-refractivity contribution in [3.8, 4) is 22.6 Å². The van der Waals surface area contributed by atoms with E-state index in [1.165, 1.54) is 12.1 Å². The van der Waals surface area contributed by atoms with Crippen LogP contribution < -0.4 is 10.6 Å². The molecule has 10 heteroatoms. The number of aromatic amines is 1. The van der Waals surface area contributed by atoms with Gasteiger partial charge in [-0.3, -0.25) is 4.79 Å². The van der Waals surface area contributed by atoms with Crippen LogP contribution in [0.4, 0.5) is 10.3 Å². The summed E-state index contributed by atoms with van der Waals surface area (Å²) < 4.78 is 25.8. The van der Waals surface area contributed by atoms with Crippen molar-refractivity contribution in [1.29, 1.82) is 0 Å². The molecule has 3 N–H and O–H groups in total. The Morgan fingerprint density at radius 2 is 1.82 bits per heavy atom. The SMILES string of the molecule is CCCNc1nccc(-c2[nH]c(C3OCC(C)(CNC(=O)c4ccccc4)CO3)nc2-c2ccc(F)cc2)n1. The second-order valence-electron chi connectivity index (χ2n) is 9.86. The van der Waals surface area contributed by atoms with Gasteiger partial charge in [0.05, 0.1) is 30.3 Å². The van der Waals surface area contributed by atoms with Crippen molar-refractivity contribution in [2.75, 3.05) is 31.6 Å². The van der Waals surface area contributed by atoms with E-state index >= 15 is 0 Å². The van der Waals surface area contributed by atoms with Gasteiger partial charge in [-0.15, -0.1) is 0 Å². The number of hydrogen-bond donors (Lipinski definition) is 3. The number of nitrogens with one attached hydrogen (secondary N) is 3. The number of benzene rings is 2. The number of aromatic nitrogens is 4. The fourth-order valence-electron chi connectivity index (χ4n) is 4.21. The van der Waals surface area contributed by atoms with Crippen molar-refractivity contribution < 1.29 is 18.7 Å². The summed E-state index contributed by atoms with van der Waals surface area (Å²) in [5, 5.41) is 6.17. The van der Waals surface area contributed by atoms with Gasteiger partial charge < -0.3 is 25.1 Å². The van der Waals surface area contributed by atoms with Crippen LogP contribution >= 0.6 is 0 Å². The molecule has 0 radical (unpaired) electrons. The number of nitrogens with zero attached hydrogens (tertiary/aromatic N) is 3. The number of imidazole rings is 1. The molecule has 1 fully saturated rings. The molecule has 2 aromatic heterocycles.